The Kier molecular flexibility index (Phi) is 1.43. The molecule has 0 spiro atoms. The summed E-state index contributed by atoms with van der Waals surface area (Å²) in [4.78, 5) is 1.89. The summed E-state index contributed by atoms with van der Waals surface area (Å²) in [6, 6.07) is 7.79. The van der Waals surface area contributed by atoms with Crippen LogP contribution in [0.2, 0.25) is 0 Å². The van der Waals surface area contributed by atoms with Crippen LogP contribution in [-0.4, -0.2) is 12.7 Å². The second-order valence-electron chi connectivity index (χ2n) is 2.49. The molecular weight excluding hydrogens is 162 g/mol. The van der Waals surface area contributed by atoms with Gasteiger partial charge in [-0.15, -0.1) is 0 Å². The standard InChI is InChI=1S/C8H8ClNO/c1-10-6-4-2-3-5-7(6)11-8(10)9/h2-5,8H,1H3. The van der Waals surface area contributed by atoms with Crippen LogP contribution in [0.5, 0.6) is 5.75 Å². The van der Waals surface area contributed by atoms with E-state index in [1.807, 2.05) is 36.2 Å². The second kappa shape index (κ2) is 2.31. The maximum Gasteiger partial charge on any atom is 0.250 e. The van der Waals surface area contributed by atoms with E-state index in [-0.39, 0.29) is 5.69 Å². The van der Waals surface area contributed by atoms with E-state index in [9.17, 15) is 0 Å². The van der Waals surface area contributed by atoms with Gasteiger partial charge < -0.3 is 9.64 Å². The minimum atomic E-state index is -0.354. The van der Waals surface area contributed by atoms with Crippen molar-refractivity contribution in [2.75, 3.05) is 11.9 Å². The largest absolute Gasteiger partial charge is 0.454 e. The fourth-order valence-corrected chi connectivity index (χ4v) is 1.34. The Morgan fingerprint density at radius 1 is 1.45 bits per heavy atom. The molecule has 58 valence electrons. The van der Waals surface area contributed by atoms with Gasteiger partial charge in [-0.1, -0.05) is 23.7 Å². The molecular formula is C8H8ClNO. The molecule has 0 aromatic heterocycles. The van der Waals surface area contributed by atoms with Crippen LogP contribution >= 0.6 is 11.6 Å². The third kappa shape index (κ3) is 0.942. The summed E-state index contributed by atoms with van der Waals surface area (Å²) >= 11 is 5.83. The highest BCUT2D eigenvalue weighted by Crippen LogP contribution is 2.36. The van der Waals surface area contributed by atoms with Crippen molar-refractivity contribution in [2.24, 2.45) is 0 Å². The van der Waals surface area contributed by atoms with Gasteiger partial charge in [0.25, 0.3) is 0 Å². The predicted molar refractivity (Wildman–Crippen MR) is 45.1 cm³/mol. The van der Waals surface area contributed by atoms with Gasteiger partial charge >= 0.3 is 0 Å². The third-order valence-corrected chi connectivity index (χ3v) is 2.16. The van der Waals surface area contributed by atoms with Crippen LogP contribution in [0.1, 0.15) is 0 Å². The predicted octanol–water partition coefficient (Wildman–Crippen LogP) is 2.04. The van der Waals surface area contributed by atoms with Gasteiger partial charge in [0, 0.05) is 7.05 Å². The van der Waals surface area contributed by atoms with E-state index in [0.717, 1.165) is 11.4 Å². The van der Waals surface area contributed by atoms with Gasteiger partial charge in [0.1, 0.15) is 5.75 Å². The number of anilines is 1. The molecule has 1 unspecified atom stereocenters. The van der Waals surface area contributed by atoms with Crippen molar-refractivity contribution in [3.8, 4) is 5.75 Å². The Bertz CT molecular complexity index is 277. The van der Waals surface area contributed by atoms with Crippen molar-refractivity contribution in [3.63, 3.8) is 0 Å². The molecule has 0 aliphatic carbocycles. The summed E-state index contributed by atoms with van der Waals surface area (Å²) in [7, 11) is 1.91. The van der Waals surface area contributed by atoms with E-state index in [1.165, 1.54) is 0 Å². The molecule has 0 fully saturated rings. The zero-order chi connectivity index (χ0) is 7.84. The second-order valence-corrected chi connectivity index (χ2v) is 2.86. The molecule has 0 N–H and O–H groups in total. The highest BCUT2D eigenvalue weighted by Gasteiger charge is 2.24. The molecule has 0 saturated carbocycles. The Morgan fingerprint density at radius 3 is 2.91 bits per heavy atom. The SMILES string of the molecule is CN1c2ccccc2OC1Cl. The minimum absolute atomic E-state index is 0.354. The van der Waals surface area contributed by atoms with E-state index >= 15 is 0 Å². The van der Waals surface area contributed by atoms with Gasteiger partial charge in [-0.2, -0.15) is 0 Å². The molecule has 0 amide bonds. The summed E-state index contributed by atoms with van der Waals surface area (Å²) < 4.78 is 5.31. The Labute approximate surface area is 70.3 Å². The molecule has 1 aliphatic heterocycles. The topological polar surface area (TPSA) is 12.5 Å². The van der Waals surface area contributed by atoms with Gasteiger partial charge in [-0.3, -0.25) is 0 Å². The first-order valence-corrected chi connectivity index (χ1v) is 3.85. The van der Waals surface area contributed by atoms with Crippen molar-refractivity contribution < 1.29 is 4.74 Å². The number of rotatable bonds is 0. The van der Waals surface area contributed by atoms with E-state index in [1.54, 1.807) is 0 Å². The molecule has 11 heavy (non-hydrogen) atoms. The molecule has 1 heterocycles. The summed E-state index contributed by atoms with van der Waals surface area (Å²) in [6.45, 7) is 0. The van der Waals surface area contributed by atoms with Gasteiger partial charge in [0.15, 0.2) is 0 Å². The fraction of sp³-hybridized carbons (Fsp3) is 0.250. The highest BCUT2D eigenvalue weighted by molar-refractivity contribution is 6.21. The number of halogens is 1. The third-order valence-electron chi connectivity index (χ3n) is 1.77. The molecule has 1 aromatic rings. The zero-order valence-electron chi connectivity index (χ0n) is 6.12. The molecule has 1 aliphatic rings. The first-order chi connectivity index (χ1) is 5.29. The van der Waals surface area contributed by atoms with Gasteiger partial charge in [0.05, 0.1) is 5.69 Å². The minimum Gasteiger partial charge on any atom is -0.454 e. The lowest BCUT2D eigenvalue weighted by Crippen LogP contribution is -2.24. The molecule has 3 heteroatoms. The van der Waals surface area contributed by atoms with Crippen molar-refractivity contribution in [2.45, 2.75) is 5.69 Å². The molecule has 2 rings (SSSR count). The smallest absolute Gasteiger partial charge is 0.250 e. The first kappa shape index (κ1) is 6.80. The first-order valence-electron chi connectivity index (χ1n) is 3.41. The van der Waals surface area contributed by atoms with Crippen LogP contribution in [0.15, 0.2) is 24.3 Å². The molecule has 1 aromatic carbocycles. The number of ether oxygens (including phenoxy) is 1. The number of benzene rings is 1. The number of alkyl halides is 1. The normalized spacial score (nSPS) is 21.3. The van der Waals surface area contributed by atoms with Crippen LogP contribution in [0, 0.1) is 0 Å². The molecule has 0 saturated heterocycles. The number of hydrogen-bond acceptors (Lipinski definition) is 2. The molecule has 0 bridgehead atoms. The van der Waals surface area contributed by atoms with Crippen LogP contribution < -0.4 is 9.64 Å². The number of fused-ring (bicyclic) bond motifs is 1. The fourth-order valence-electron chi connectivity index (χ4n) is 1.14. The summed E-state index contributed by atoms with van der Waals surface area (Å²) in [6.07, 6.45) is 0. The zero-order valence-corrected chi connectivity index (χ0v) is 6.88. The van der Waals surface area contributed by atoms with E-state index in [2.05, 4.69) is 0 Å². The summed E-state index contributed by atoms with van der Waals surface area (Å²) in [5, 5.41) is 0. The lowest BCUT2D eigenvalue weighted by Gasteiger charge is -2.12. The van der Waals surface area contributed by atoms with Crippen LogP contribution in [0.3, 0.4) is 0 Å². The Hall–Kier alpha value is -0.890. The van der Waals surface area contributed by atoms with Crippen LogP contribution in [0.4, 0.5) is 5.69 Å². The molecule has 1 atom stereocenters. The average molecular weight is 170 g/mol. The lowest BCUT2D eigenvalue weighted by atomic mass is 10.3. The van der Waals surface area contributed by atoms with E-state index in [4.69, 9.17) is 16.3 Å². The number of nitrogens with zero attached hydrogens (tertiary/aromatic N) is 1. The average Bonchev–Trinajstić information content (AvgIpc) is 2.30. The number of hydrogen-bond donors (Lipinski definition) is 0. The maximum absolute atomic E-state index is 5.83. The molecule has 2 nitrogen and oxygen atoms in total. The monoisotopic (exact) mass is 169 g/mol. The quantitative estimate of drug-likeness (QED) is 0.435. The molecule has 0 radical (unpaired) electrons. The summed E-state index contributed by atoms with van der Waals surface area (Å²) in [5.74, 6) is 0.856. The lowest BCUT2D eigenvalue weighted by molar-refractivity contribution is 0.312. The van der Waals surface area contributed by atoms with Gasteiger partial charge in [-0.05, 0) is 12.1 Å². The van der Waals surface area contributed by atoms with Crippen molar-refractivity contribution in [3.05, 3.63) is 24.3 Å². The Balaban J connectivity index is 2.47. The van der Waals surface area contributed by atoms with Crippen molar-refractivity contribution >= 4 is 17.3 Å². The number of para-hydroxylation sites is 2. The summed E-state index contributed by atoms with van der Waals surface area (Å²) in [5.41, 5.74) is 0.694. The highest BCUT2D eigenvalue weighted by atomic mass is 35.5. The van der Waals surface area contributed by atoms with Crippen molar-refractivity contribution in [1.29, 1.82) is 0 Å². The van der Waals surface area contributed by atoms with Crippen molar-refractivity contribution in [1.82, 2.24) is 0 Å². The van der Waals surface area contributed by atoms with Gasteiger partial charge in [0.2, 0.25) is 5.69 Å². The van der Waals surface area contributed by atoms with E-state index < -0.39 is 0 Å². The van der Waals surface area contributed by atoms with Crippen LogP contribution in [0.25, 0.3) is 0 Å². The van der Waals surface area contributed by atoms with Crippen LogP contribution in [-0.2, 0) is 0 Å². The maximum atomic E-state index is 5.83. The van der Waals surface area contributed by atoms with E-state index in [0.29, 0.717) is 0 Å². The van der Waals surface area contributed by atoms with Gasteiger partial charge in [-0.25, -0.2) is 0 Å². The Morgan fingerprint density at radius 2 is 2.18 bits per heavy atom.